The molecule has 3 aromatic carbocycles. The Kier molecular flexibility index (Phi) is 6.18. The zero-order valence-electron chi connectivity index (χ0n) is 17.1. The Bertz CT molecular complexity index is 861. The number of anilines is 3. The maximum Gasteiger partial charge on any atom is 0.0761 e. The highest BCUT2D eigenvalue weighted by atomic mass is 16.3. The molecule has 0 aliphatic carbocycles. The highest BCUT2D eigenvalue weighted by Crippen LogP contribution is 2.36. The average molecular weight is 376 g/mol. The number of aliphatic hydroxyl groups is 2. The van der Waals surface area contributed by atoms with Gasteiger partial charge in [-0.2, -0.15) is 0 Å². The summed E-state index contributed by atoms with van der Waals surface area (Å²) in [5.41, 5.74) is 7.54. The smallest absolute Gasteiger partial charge is 0.0761 e. The SMILES string of the molecule is CCc1ccc(N(c2ccc(C(C)O)cc2)c2ccc(C(C)O)cc2)cc1C. The van der Waals surface area contributed by atoms with Crippen LogP contribution in [0.1, 0.15) is 55.2 Å². The molecule has 0 fully saturated rings. The van der Waals surface area contributed by atoms with Crippen molar-refractivity contribution >= 4 is 17.1 Å². The lowest BCUT2D eigenvalue weighted by Crippen LogP contribution is -2.11. The van der Waals surface area contributed by atoms with Gasteiger partial charge in [-0.25, -0.2) is 0 Å². The van der Waals surface area contributed by atoms with Crippen molar-refractivity contribution in [2.24, 2.45) is 0 Å². The van der Waals surface area contributed by atoms with Gasteiger partial charge < -0.3 is 15.1 Å². The number of hydrogen-bond donors (Lipinski definition) is 2. The monoisotopic (exact) mass is 375 g/mol. The maximum atomic E-state index is 9.83. The fraction of sp³-hybridized carbons (Fsp3) is 0.280. The second-order valence-corrected chi connectivity index (χ2v) is 7.33. The van der Waals surface area contributed by atoms with E-state index in [2.05, 4.69) is 36.9 Å². The van der Waals surface area contributed by atoms with E-state index in [-0.39, 0.29) is 0 Å². The van der Waals surface area contributed by atoms with E-state index in [9.17, 15) is 10.2 Å². The molecule has 2 atom stereocenters. The standard InChI is InChI=1S/C25H29NO2/c1-5-20-6-15-25(16-17(20)2)26(23-11-7-21(8-12-23)18(3)27)24-13-9-22(10-14-24)19(4)28/h6-16,18-19,27-28H,5H2,1-4H3. The Hall–Kier alpha value is -2.62. The first-order valence-corrected chi connectivity index (χ1v) is 9.86. The molecule has 0 saturated carbocycles. The first-order valence-electron chi connectivity index (χ1n) is 9.86. The molecule has 2 N–H and O–H groups in total. The molecule has 0 aromatic heterocycles. The van der Waals surface area contributed by atoms with Crippen LogP contribution in [-0.4, -0.2) is 10.2 Å². The van der Waals surface area contributed by atoms with E-state index < -0.39 is 12.2 Å². The summed E-state index contributed by atoms with van der Waals surface area (Å²) in [6, 6.07) is 22.5. The summed E-state index contributed by atoms with van der Waals surface area (Å²) in [5.74, 6) is 0. The van der Waals surface area contributed by atoms with Crippen LogP contribution in [0.4, 0.5) is 17.1 Å². The Labute approximate surface area is 167 Å². The minimum absolute atomic E-state index is 0.487. The van der Waals surface area contributed by atoms with Crippen molar-refractivity contribution in [3.05, 3.63) is 89.0 Å². The van der Waals surface area contributed by atoms with Gasteiger partial charge in [0.2, 0.25) is 0 Å². The predicted octanol–water partition coefficient (Wildman–Crippen LogP) is 6.13. The fourth-order valence-electron chi connectivity index (χ4n) is 3.47. The lowest BCUT2D eigenvalue weighted by Gasteiger charge is -2.27. The van der Waals surface area contributed by atoms with Crippen LogP contribution in [0.15, 0.2) is 66.7 Å². The highest BCUT2D eigenvalue weighted by molar-refractivity contribution is 5.77. The molecule has 0 aliphatic rings. The van der Waals surface area contributed by atoms with E-state index in [1.165, 1.54) is 11.1 Å². The third kappa shape index (κ3) is 4.27. The van der Waals surface area contributed by atoms with Crippen LogP contribution in [0.2, 0.25) is 0 Å². The maximum absolute atomic E-state index is 9.83. The average Bonchev–Trinajstić information content (AvgIpc) is 2.69. The van der Waals surface area contributed by atoms with Crippen LogP contribution >= 0.6 is 0 Å². The lowest BCUT2D eigenvalue weighted by molar-refractivity contribution is 0.199. The molecule has 146 valence electrons. The van der Waals surface area contributed by atoms with Gasteiger partial charge in [0, 0.05) is 17.1 Å². The Morgan fingerprint density at radius 2 is 1.14 bits per heavy atom. The molecule has 0 amide bonds. The van der Waals surface area contributed by atoms with Gasteiger partial charge >= 0.3 is 0 Å². The van der Waals surface area contributed by atoms with Crippen LogP contribution in [0.3, 0.4) is 0 Å². The van der Waals surface area contributed by atoms with E-state index in [4.69, 9.17) is 0 Å². The van der Waals surface area contributed by atoms with Gasteiger partial charge in [0.15, 0.2) is 0 Å². The summed E-state index contributed by atoms with van der Waals surface area (Å²) in [6.07, 6.45) is 0.0379. The second kappa shape index (κ2) is 8.59. The van der Waals surface area contributed by atoms with Gasteiger partial charge in [-0.05, 0) is 85.8 Å². The lowest BCUT2D eigenvalue weighted by atomic mass is 10.0. The van der Waals surface area contributed by atoms with Crippen LogP contribution in [0.5, 0.6) is 0 Å². The third-order valence-electron chi connectivity index (χ3n) is 5.23. The van der Waals surface area contributed by atoms with Crippen molar-refractivity contribution in [1.29, 1.82) is 0 Å². The number of benzene rings is 3. The molecule has 0 bridgehead atoms. The minimum Gasteiger partial charge on any atom is -0.389 e. The predicted molar refractivity (Wildman–Crippen MR) is 117 cm³/mol. The molecule has 3 rings (SSSR count). The quantitative estimate of drug-likeness (QED) is 0.544. The van der Waals surface area contributed by atoms with Gasteiger partial charge in [-0.3, -0.25) is 0 Å². The van der Waals surface area contributed by atoms with Gasteiger partial charge in [0.25, 0.3) is 0 Å². The summed E-state index contributed by atoms with van der Waals surface area (Å²) in [6.45, 7) is 7.86. The molecule has 0 spiro atoms. The van der Waals surface area contributed by atoms with Gasteiger partial charge in [0.05, 0.1) is 12.2 Å². The van der Waals surface area contributed by atoms with Crippen molar-refractivity contribution in [1.82, 2.24) is 0 Å². The third-order valence-corrected chi connectivity index (χ3v) is 5.23. The molecular weight excluding hydrogens is 346 g/mol. The molecule has 2 unspecified atom stereocenters. The fourth-order valence-corrected chi connectivity index (χ4v) is 3.47. The molecular formula is C25H29NO2. The van der Waals surface area contributed by atoms with E-state index >= 15 is 0 Å². The normalized spacial score (nSPS) is 13.2. The van der Waals surface area contributed by atoms with E-state index in [0.29, 0.717) is 0 Å². The molecule has 0 saturated heterocycles. The topological polar surface area (TPSA) is 43.7 Å². The van der Waals surface area contributed by atoms with Crippen LogP contribution in [-0.2, 0) is 6.42 Å². The molecule has 0 heterocycles. The second-order valence-electron chi connectivity index (χ2n) is 7.33. The Morgan fingerprint density at radius 3 is 1.50 bits per heavy atom. The van der Waals surface area contributed by atoms with Gasteiger partial charge in [0.1, 0.15) is 0 Å². The number of hydrogen-bond acceptors (Lipinski definition) is 3. The van der Waals surface area contributed by atoms with Gasteiger partial charge in [-0.1, -0.05) is 37.3 Å². The van der Waals surface area contributed by atoms with Gasteiger partial charge in [-0.15, -0.1) is 0 Å². The summed E-state index contributed by atoms with van der Waals surface area (Å²) >= 11 is 0. The molecule has 3 nitrogen and oxygen atoms in total. The number of nitrogens with zero attached hydrogens (tertiary/aromatic N) is 1. The highest BCUT2D eigenvalue weighted by Gasteiger charge is 2.14. The molecule has 3 aromatic rings. The number of rotatable bonds is 6. The minimum atomic E-state index is -0.487. The van der Waals surface area contributed by atoms with Crippen molar-refractivity contribution in [2.45, 2.75) is 46.3 Å². The van der Waals surface area contributed by atoms with E-state index in [1.807, 2.05) is 48.5 Å². The first-order chi connectivity index (χ1) is 13.4. The first kappa shape index (κ1) is 20.1. The molecule has 0 aliphatic heterocycles. The summed E-state index contributed by atoms with van der Waals surface area (Å²) in [7, 11) is 0. The molecule has 3 heteroatoms. The number of aliphatic hydroxyl groups excluding tert-OH is 2. The van der Waals surface area contributed by atoms with Crippen LogP contribution in [0, 0.1) is 6.92 Å². The van der Waals surface area contributed by atoms with Crippen molar-refractivity contribution in [3.8, 4) is 0 Å². The zero-order chi connectivity index (χ0) is 20.3. The van der Waals surface area contributed by atoms with Crippen LogP contribution < -0.4 is 4.90 Å². The molecule has 28 heavy (non-hydrogen) atoms. The van der Waals surface area contributed by atoms with Crippen molar-refractivity contribution < 1.29 is 10.2 Å². The summed E-state index contributed by atoms with van der Waals surface area (Å²) in [5, 5.41) is 19.7. The van der Waals surface area contributed by atoms with E-state index in [0.717, 1.165) is 34.6 Å². The summed E-state index contributed by atoms with van der Waals surface area (Å²) < 4.78 is 0. The van der Waals surface area contributed by atoms with Crippen molar-refractivity contribution in [3.63, 3.8) is 0 Å². The number of aryl methyl sites for hydroxylation is 2. The zero-order valence-corrected chi connectivity index (χ0v) is 17.1. The Morgan fingerprint density at radius 1 is 0.714 bits per heavy atom. The molecule has 0 radical (unpaired) electrons. The Balaban J connectivity index is 2.09. The summed E-state index contributed by atoms with van der Waals surface area (Å²) in [4.78, 5) is 2.20. The van der Waals surface area contributed by atoms with E-state index in [1.54, 1.807) is 13.8 Å². The van der Waals surface area contributed by atoms with Crippen molar-refractivity contribution in [2.75, 3.05) is 4.90 Å². The van der Waals surface area contributed by atoms with Crippen LogP contribution in [0.25, 0.3) is 0 Å². The largest absolute Gasteiger partial charge is 0.389 e.